The number of amides is 1. The van der Waals surface area contributed by atoms with Gasteiger partial charge in [-0.05, 0) is 12.8 Å². The van der Waals surface area contributed by atoms with Crippen molar-refractivity contribution in [2.45, 2.75) is 43.7 Å². The molecule has 0 radical (unpaired) electrons. The summed E-state index contributed by atoms with van der Waals surface area (Å²) in [5.74, 6) is 0.277. The van der Waals surface area contributed by atoms with Gasteiger partial charge < -0.3 is 20.5 Å². The first kappa shape index (κ1) is 16.2. The van der Waals surface area contributed by atoms with E-state index in [0.29, 0.717) is 19.5 Å². The summed E-state index contributed by atoms with van der Waals surface area (Å²) < 4.78 is 5.46. The van der Waals surface area contributed by atoms with Crippen LogP contribution in [0, 0.1) is 5.92 Å². The molecule has 0 aromatic rings. The van der Waals surface area contributed by atoms with E-state index in [0.717, 1.165) is 45.7 Å². The van der Waals surface area contributed by atoms with Crippen molar-refractivity contribution in [3.05, 3.63) is 0 Å². The minimum absolute atomic E-state index is 0.0421. The highest BCUT2D eigenvalue weighted by Crippen LogP contribution is 2.38. The molecular weight excluding hydrogens is 282 g/mol. The van der Waals surface area contributed by atoms with Crippen LogP contribution < -0.4 is 10.6 Å². The monoisotopic (exact) mass is 311 g/mol. The van der Waals surface area contributed by atoms with Crippen molar-refractivity contribution in [1.29, 1.82) is 0 Å². The number of hydrogen-bond donors (Lipinski definition) is 3. The molecule has 1 saturated carbocycles. The van der Waals surface area contributed by atoms with Crippen LogP contribution in [0.3, 0.4) is 0 Å². The number of hydrogen-bond acceptors (Lipinski definition) is 5. The number of β-amino-alcohol motifs (C(OH)–C–C–N with tert-alkyl or cyclic N) is 1. The lowest BCUT2D eigenvalue weighted by atomic mass is 9.89. The number of carbonyl (C=O) groups excluding carboxylic acids is 1. The summed E-state index contributed by atoms with van der Waals surface area (Å²) in [6.07, 6.45) is 4.93. The Morgan fingerprint density at radius 2 is 2.00 bits per heavy atom. The third kappa shape index (κ3) is 3.62. The van der Waals surface area contributed by atoms with E-state index in [1.54, 1.807) is 0 Å². The van der Waals surface area contributed by atoms with Gasteiger partial charge in [0.15, 0.2) is 0 Å². The van der Waals surface area contributed by atoms with Crippen molar-refractivity contribution < 1.29 is 14.6 Å². The molecule has 2 saturated heterocycles. The Hall–Kier alpha value is -0.690. The maximum absolute atomic E-state index is 12.4. The van der Waals surface area contributed by atoms with Crippen LogP contribution in [0.2, 0.25) is 0 Å². The molecule has 3 fully saturated rings. The zero-order valence-corrected chi connectivity index (χ0v) is 13.4. The second-order valence-electron chi connectivity index (χ2n) is 7.00. The van der Waals surface area contributed by atoms with Gasteiger partial charge in [0.25, 0.3) is 0 Å². The smallest absolute Gasteiger partial charge is 0.221 e. The van der Waals surface area contributed by atoms with E-state index in [9.17, 15) is 9.90 Å². The standard InChI is InChI=1S/C16H29N3O3/c20-14-12-17-10-13(14)11-18-15(21)9-16(3-1-2-4-16)19-5-7-22-8-6-19/h13-14,17,20H,1-12H2,(H,18,21). The van der Waals surface area contributed by atoms with Crippen molar-refractivity contribution in [3.63, 3.8) is 0 Å². The fraction of sp³-hybridized carbons (Fsp3) is 0.938. The second kappa shape index (κ2) is 7.25. The van der Waals surface area contributed by atoms with Crippen LogP contribution in [0.1, 0.15) is 32.1 Å². The van der Waals surface area contributed by atoms with Gasteiger partial charge >= 0.3 is 0 Å². The summed E-state index contributed by atoms with van der Waals surface area (Å²) in [4.78, 5) is 14.9. The summed E-state index contributed by atoms with van der Waals surface area (Å²) in [5.41, 5.74) is 0.0421. The molecule has 0 bridgehead atoms. The molecule has 2 aliphatic heterocycles. The Kier molecular flexibility index (Phi) is 5.33. The van der Waals surface area contributed by atoms with E-state index >= 15 is 0 Å². The average Bonchev–Trinajstić information content (AvgIpc) is 3.16. The number of nitrogens with zero attached hydrogens (tertiary/aromatic N) is 1. The normalized spacial score (nSPS) is 32.2. The topological polar surface area (TPSA) is 73.8 Å². The van der Waals surface area contributed by atoms with E-state index in [-0.39, 0.29) is 23.5 Å². The van der Waals surface area contributed by atoms with Crippen molar-refractivity contribution in [2.75, 3.05) is 45.9 Å². The zero-order chi connectivity index (χ0) is 15.4. The highest BCUT2D eigenvalue weighted by molar-refractivity contribution is 5.77. The Morgan fingerprint density at radius 3 is 2.64 bits per heavy atom. The first-order valence-corrected chi connectivity index (χ1v) is 8.68. The van der Waals surface area contributed by atoms with Crippen molar-refractivity contribution >= 4 is 5.91 Å². The SMILES string of the molecule is O=C(CC1(N2CCOCC2)CCCC1)NCC1CNCC1O. The molecule has 126 valence electrons. The summed E-state index contributed by atoms with van der Waals surface area (Å²) in [7, 11) is 0. The first-order chi connectivity index (χ1) is 10.7. The Bertz CT molecular complexity index is 379. The van der Waals surface area contributed by atoms with Gasteiger partial charge in [-0.3, -0.25) is 9.69 Å². The minimum atomic E-state index is -0.333. The summed E-state index contributed by atoms with van der Waals surface area (Å²) in [6, 6.07) is 0. The van der Waals surface area contributed by atoms with Crippen LogP contribution in [0.4, 0.5) is 0 Å². The second-order valence-corrected chi connectivity index (χ2v) is 7.00. The molecule has 2 heterocycles. The fourth-order valence-electron chi connectivity index (χ4n) is 4.21. The lowest BCUT2D eigenvalue weighted by Crippen LogP contribution is -2.54. The molecule has 3 N–H and O–H groups in total. The van der Waals surface area contributed by atoms with Gasteiger partial charge in [0, 0.05) is 50.6 Å². The van der Waals surface area contributed by atoms with Crippen LogP contribution in [0.5, 0.6) is 0 Å². The number of ether oxygens (including phenoxy) is 1. The maximum Gasteiger partial charge on any atom is 0.221 e. The molecule has 6 nitrogen and oxygen atoms in total. The lowest BCUT2D eigenvalue weighted by Gasteiger charge is -2.43. The average molecular weight is 311 g/mol. The van der Waals surface area contributed by atoms with Gasteiger partial charge in [-0.15, -0.1) is 0 Å². The molecule has 0 spiro atoms. The summed E-state index contributed by atoms with van der Waals surface area (Å²) in [6.45, 7) is 5.45. The van der Waals surface area contributed by atoms with Crippen molar-refractivity contribution in [3.8, 4) is 0 Å². The predicted molar refractivity (Wildman–Crippen MR) is 83.6 cm³/mol. The zero-order valence-electron chi connectivity index (χ0n) is 13.4. The maximum atomic E-state index is 12.4. The quantitative estimate of drug-likeness (QED) is 0.651. The molecule has 2 unspecified atom stereocenters. The van der Waals surface area contributed by atoms with Crippen LogP contribution in [0.25, 0.3) is 0 Å². The fourth-order valence-corrected chi connectivity index (χ4v) is 4.21. The highest BCUT2D eigenvalue weighted by atomic mass is 16.5. The predicted octanol–water partition coefficient (Wildman–Crippen LogP) is -0.282. The van der Waals surface area contributed by atoms with Crippen molar-refractivity contribution in [1.82, 2.24) is 15.5 Å². The number of rotatable bonds is 5. The Morgan fingerprint density at radius 1 is 1.27 bits per heavy atom. The van der Waals surface area contributed by atoms with Gasteiger partial charge in [0.2, 0.25) is 5.91 Å². The molecule has 3 rings (SSSR count). The number of carbonyl (C=O) groups is 1. The Balaban J connectivity index is 1.53. The molecule has 22 heavy (non-hydrogen) atoms. The molecular formula is C16H29N3O3. The number of morpholine rings is 1. The van der Waals surface area contributed by atoms with E-state index in [4.69, 9.17) is 4.74 Å². The molecule has 3 aliphatic rings. The largest absolute Gasteiger partial charge is 0.391 e. The summed E-state index contributed by atoms with van der Waals surface area (Å²) >= 11 is 0. The van der Waals surface area contributed by atoms with Gasteiger partial charge in [-0.2, -0.15) is 0 Å². The molecule has 6 heteroatoms. The lowest BCUT2D eigenvalue weighted by molar-refractivity contribution is -0.125. The molecule has 0 aromatic carbocycles. The number of aliphatic hydroxyl groups is 1. The van der Waals surface area contributed by atoms with E-state index in [1.807, 2.05) is 0 Å². The Labute approximate surface area is 132 Å². The molecule has 1 aliphatic carbocycles. The van der Waals surface area contributed by atoms with E-state index in [2.05, 4.69) is 15.5 Å². The van der Waals surface area contributed by atoms with Gasteiger partial charge in [0.1, 0.15) is 0 Å². The molecule has 2 atom stereocenters. The molecule has 0 aromatic heterocycles. The minimum Gasteiger partial charge on any atom is -0.391 e. The number of aliphatic hydroxyl groups excluding tert-OH is 1. The van der Waals surface area contributed by atoms with Crippen LogP contribution in [-0.2, 0) is 9.53 Å². The van der Waals surface area contributed by atoms with Crippen molar-refractivity contribution in [2.24, 2.45) is 5.92 Å². The third-order valence-corrected chi connectivity index (χ3v) is 5.57. The highest BCUT2D eigenvalue weighted by Gasteiger charge is 2.41. The van der Waals surface area contributed by atoms with Gasteiger partial charge in [0.05, 0.1) is 19.3 Å². The first-order valence-electron chi connectivity index (χ1n) is 8.68. The van der Waals surface area contributed by atoms with Gasteiger partial charge in [-0.25, -0.2) is 0 Å². The van der Waals surface area contributed by atoms with E-state index in [1.165, 1.54) is 12.8 Å². The van der Waals surface area contributed by atoms with E-state index < -0.39 is 0 Å². The third-order valence-electron chi connectivity index (χ3n) is 5.57. The van der Waals surface area contributed by atoms with Crippen LogP contribution in [-0.4, -0.2) is 73.5 Å². The van der Waals surface area contributed by atoms with Crippen LogP contribution in [0.15, 0.2) is 0 Å². The summed E-state index contributed by atoms with van der Waals surface area (Å²) in [5, 5.41) is 16.0. The van der Waals surface area contributed by atoms with Gasteiger partial charge in [-0.1, -0.05) is 12.8 Å². The number of nitrogens with one attached hydrogen (secondary N) is 2. The molecule has 1 amide bonds. The van der Waals surface area contributed by atoms with Crippen LogP contribution >= 0.6 is 0 Å².